The Morgan fingerprint density at radius 3 is 2.47 bits per heavy atom. The van der Waals surface area contributed by atoms with Crippen LogP contribution in [-0.2, 0) is 19.6 Å². The number of thioether (sulfide) groups is 1. The van der Waals surface area contributed by atoms with Crippen molar-refractivity contribution in [3.05, 3.63) is 48.5 Å². The molecular weight excluding hydrogens is 422 g/mol. The summed E-state index contributed by atoms with van der Waals surface area (Å²) in [5, 5.41) is 2.78. The zero-order chi connectivity index (χ0) is 21.1. The number of rotatable bonds is 6. The van der Waals surface area contributed by atoms with Crippen molar-refractivity contribution < 1.29 is 18.0 Å². The smallest absolute Gasteiger partial charge is 0.243 e. The van der Waals surface area contributed by atoms with E-state index in [0.29, 0.717) is 31.1 Å². The van der Waals surface area contributed by atoms with Crippen molar-refractivity contribution in [2.75, 3.05) is 35.6 Å². The maximum Gasteiger partial charge on any atom is 0.243 e. The molecule has 0 atom stereocenters. The molecule has 0 bridgehead atoms. The molecule has 9 heteroatoms. The summed E-state index contributed by atoms with van der Waals surface area (Å²) in [6.07, 6.45) is 1.92. The number of carbonyl (C=O) groups excluding carboxylic acids is 2. The second kappa shape index (κ2) is 8.79. The fraction of sp³-hybridized carbons (Fsp3) is 0.333. The number of para-hydroxylation sites is 1. The van der Waals surface area contributed by atoms with Crippen LogP contribution >= 0.6 is 11.8 Å². The summed E-state index contributed by atoms with van der Waals surface area (Å²) in [6.45, 7) is 1.40. The summed E-state index contributed by atoms with van der Waals surface area (Å²) in [5.41, 5.74) is 1.37. The van der Waals surface area contributed by atoms with Gasteiger partial charge >= 0.3 is 0 Å². The lowest BCUT2D eigenvalue weighted by Gasteiger charge is -2.28. The number of nitrogens with one attached hydrogen (secondary N) is 1. The first kappa shape index (κ1) is 20.9. The number of hydrogen-bond acceptors (Lipinski definition) is 5. The predicted octanol–water partition coefficient (Wildman–Crippen LogP) is 2.94. The SMILES string of the molecule is O=C(CCN1C(=O)CSc2ccccc21)Nc1ccc(S(=O)(=O)N2CCCC2)cc1. The third kappa shape index (κ3) is 4.38. The van der Waals surface area contributed by atoms with Gasteiger partial charge in [-0.1, -0.05) is 12.1 Å². The highest BCUT2D eigenvalue weighted by Crippen LogP contribution is 2.34. The van der Waals surface area contributed by atoms with Crippen molar-refractivity contribution in [3.8, 4) is 0 Å². The van der Waals surface area contributed by atoms with Crippen molar-refractivity contribution in [1.29, 1.82) is 0 Å². The minimum absolute atomic E-state index is 0.0111. The van der Waals surface area contributed by atoms with E-state index in [4.69, 9.17) is 0 Å². The van der Waals surface area contributed by atoms with E-state index in [1.165, 1.54) is 28.2 Å². The summed E-state index contributed by atoms with van der Waals surface area (Å²) < 4.78 is 26.6. The summed E-state index contributed by atoms with van der Waals surface area (Å²) in [6, 6.07) is 13.9. The Labute approximate surface area is 180 Å². The van der Waals surface area contributed by atoms with Crippen molar-refractivity contribution in [1.82, 2.24) is 4.31 Å². The molecule has 158 valence electrons. The Morgan fingerprint density at radius 2 is 1.73 bits per heavy atom. The Kier molecular flexibility index (Phi) is 6.12. The third-order valence-corrected chi connectivity index (χ3v) is 8.17. The van der Waals surface area contributed by atoms with E-state index >= 15 is 0 Å². The molecule has 2 amide bonds. The van der Waals surface area contributed by atoms with Gasteiger partial charge in [-0.3, -0.25) is 9.59 Å². The van der Waals surface area contributed by atoms with Crippen molar-refractivity contribution in [2.24, 2.45) is 0 Å². The molecule has 0 radical (unpaired) electrons. The van der Waals surface area contributed by atoms with Gasteiger partial charge in [0.2, 0.25) is 21.8 Å². The molecule has 1 fully saturated rings. The lowest BCUT2D eigenvalue weighted by atomic mass is 10.2. The fourth-order valence-corrected chi connectivity index (χ4v) is 6.08. The molecule has 2 aliphatic heterocycles. The minimum atomic E-state index is -3.47. The summed E-state index contributed by atoms with van der Waals surface area (Å²) in [7, 11) is -3.47. The first-order chi connectivity index (χ1) is 14.4. The molecule has 4 rings (SSSR count). The summed E-state index contributed by atoms with van der Waals surface area (Å²) in [4.78, 5) is 27.6. The Morgan fingerprint density at radius 1 is 1.03 bits per heavy atom. The molecule has 0 aromatic heterocycles. The van der Waals surface area contributed by atoms with Crippen LogP contribution in [-0.4, -0.2) is 49.9 Å². The van der Waals surface area contributed by atoms with E-state index < -0.39 is 10.0 Å². The molecule has 0 spiro atoms. The van der Waals surface area contributed by atoms with Crippen LogP contribution in [0.4, 0.5) is 11.4 Å². The maximum absolute atomic E-state index is 12.6. The van der Waals surface area contributed by atoms with Gasteiger partial charge in [-0.15, -0.1) is 11.8 Å². The lowest BCUT2D eigenvalue weighted by Crippen LogP contribution is -2.37. The molecule has 30 heavy (non-hydrogen) atoms. The number of anilines is 2. The highest BCUT2D eigenvalue weighted by atomic mass is 32.2. The van der Waals surface area contributed by atoms with E-state index in [9.17, 15) is 18.0 Å². The average molecular weight is 446 g/mol. The molecule has 0 aliphatic carbocycles. The van der Waals surface area contributed by atoms with Crippen LogP contribution in [0.15, 0.2) is 58.3 Å². The van der Waals surface area contributed by atoms with Gasteiger partial charge in [0.15, 0.2) is 0 Å². The fourth-order valence-electron chi connectivity index (χ4n) is 3.62. The highest BCUT2D eigenvalue weighted by molar-refractivity contribution is 8.00. The minimum Gasteiger partial charge on any atom is -0.326 e. The molecule has 0 unspecified atom stereocenters. The van der Waals surface area contributed by atoms with Gasteiger partial charge in [0.1, 0.15) is 0 Å². The van der Waals surface area contributed by atoms with Gasteiger partial charge in [0, 0.05) is 36.6 Å². The Bertz CT molecular complexity index is 1050. The van der Waals surface area contributed by atoms with Crippen LogP contribution in [0.3, 0.4) is 0 Å². The second-order valence-corrected chi connectivity index (χ2v) is 10.2. The van der Waals surface area contributed by atoms with Crippen molar-refractivity contribution in [2.45, 2.75) is 29.1 Å². The Balaban J connectivity index is 1.36. The number of hydrogen-bond donors (Lipinski definition) is 1. The molecule has 1 N–H and O–H groups in total. The van der Waals surface area contributed by atoms with Crippen LogP contribution in [0.1, 0.15) is 19.3 Å². The van der Waals surface area contributed by atoms with Gasteiger partial charge in [0.25, 0.3) is 0 Å². The van der Waals surface area contributed by atoms with Gasteiger partial charge < -0.3 is 10.2 Å². The monoisotopic (exact) mass is 445 g/mol. The van der Waals surface area contributed by atoms with Crippen LogP contribution < -0.4 is 10.2 Å². The van der Waals surface area contributed by atoms with Gasteiger partial charge in [0.05, 0.1) is 16.3 Å². The molecule has 2 aromatic rings. The van der Waals surface area contributed by atoms with Gasteiger partial charge in [-0.05, 0) is 49.2 Å². The van der Waals surface area contributed by atoms with Crippen LogP contribution in [0, 0.1) is 0 Å². The first-order valence-corrected chi connectivity index (χ1v) is 12.3. The summed E-state index contributed by atoms with van der Waals surface area (Å²) in [5.74, 6) is 0.127. The third-order valence-electron chi connectivity index (χ3n) is 5.21. The van der Waals surface area contributed by atoms with Crippen molar-refractivity contribution >= 4 is 45.0 Å². The number of carbonyl (C=O) groups is 2. The topological polar surface area (TPSA) is 86.8 Å². The number of sulfonamides is 1. The van der Waals surface area contributed by atoms with E-state index in [1.807, 2.05) is 24.3 Å². The van der Waals surface area contributed by atoms with Crippen LogP contribution in [0.5, 0.6) is 0 Å². The number of fused-ring (bicyclic) bond motifs is 1. The normalized spacial score (nSPS) is 17.1. The van der Waals surface area contributed by atoms with Gasteiger partial charge in [-0.2, -0.15) is 4.31 Å². The zero-order valence-electron chi connectivity index (χ0n) is 16.4. The largest absolute Gasteiger partial charge is 0.326 e. The average Bonchev–Trinajstić information content (AvgIpc) is 3.29. The van der Waals surface area contributed by atoms with E-state index in [2.05, 4.69) is 5.32 Å². The summed E-state index contributed by atoms with van der Waals surface area (Å²) >= 11 is 1.51. The molecule has 2 heterocycles. The Hall–Kier alpha value is -2.36. The quantitative estimate of drug-likeness (QED) is 0.739. The highest BCUT2D eigenvalue weighted by Gasteiger charge is 2.27. The zero-order valence-corrected chi connectivity index (χ0v) is 18.0. The predicted molar refractivity (Wildman–Crippen MR) is 117 cm³/mol. The van der Waals surface area contributed by atoms with E-state index in [0.717, 1.165) is 23.4 Å². The molecule has 1 saturated heterocycles. The maximum atomic E-state index is 12.6. The molecular formula is C21H23N3O4S2. The molecule has 0 saturated carbocycles. The molecule has 2 aliphatic rings. The number of amides is 2. The van der Waals surface area contributed by atoms with Crippen molar-refractivity contribution in [3.63, 3.8) is 0 Å². The van der Waals surface area contributed by atoms with E-state index in [1.54, 1.807) is 17.0 Å². The standard InChI is InChI=1S/C21H23N3O4S2/c25-20(11-14-24-18-5-1-2-6-19(18)29-15-21(24)26)22-16-7-9-17(10-8-16)30(27,28)23-12-3-4-13-23/h1-2,5-10H,3-4,11-15H2,(H,22,25). The molecule has 7 nitrogen and oxygen atoms in total. The number of benzene rings is 2. The van der Waals surface area contributed by atoms with Crippen LogP contribution in [0.2, 0.25) is 0 Å². The van der Waals surface area contributed by atoms with Crippen LogP contribution in [0.25, 0.3) is 0 Å². The molecule has 2 aromatic carbocycles. The number of nitrogens with zero attached hydrogens (tertiary/aromatic N) is 2. The van der Waals surface area contributed by atoms with E-state index in [-0.39, 0.29) is 23.1 Å². The first-order valence-electron chi connectivity index (χ1n) is 9.87. The second-order valence-electron chi connectivity index (χ2n) is 7.24. The van der Waals surface area contributed by atoms with Gasteiger partial charge in [-0.25, -0.2) is 8.42 Å². The lowest BCUT2D eigenvalue weighted by molar-refractivity contribution is -0.117.